The van der Waals surface area contributed by atoms with Gasteiger partial charge in [0.1, 0.15) is 11.3 Å². The van der Waals surface area contributed by atoms with Crippen LogP contribution in [0.5, 0.6) is 0 Å². The summed E-state index contributed by atoms with van der Waals surface area (Å²) in [4.78, 5) is 22.7. The molecule has 1 aliphatic rings. The third-order valence-corrected chi connectivity index (χ3v) is 4.73. The number of piperidine rings is 1. The predicted octanol–water partition coefficient (Wildman–Crippen LogP) is 1.60. The second-order valence-corrected chi connectivity index (χ2v) is 6.71. The van der Waals surface area contributed by atoms with Crippen LogP contribution in [0.4, 0.5) is 11.8 Å². The summed E-state index contributed by atoms with van der Waals surface area (Å²) in [6.07, 6.45) is 5.92. The van der Waals surface area contributed by atoms with Gasteiger partial charge in [-0.25, -0.2) is 4.98 Å². The second kappa shape index (κ2) is 6.29. The zero-order chi connectivity index (χ0) is 17.4. The molecule has 3 aromatic heterocycles. The highest BCUT2D eigenvalue weighted by Crippen LogP contribution is 2.29. The Morgan fingerprint density at radius 3 is 2.72 bits per heavy atom. The summed E-state index contributed by atoms with van der Waals surface area (Å²) in [5, 5.41) is 0. The molecule has 0 unspecified atom stereocenters. The number of aromatic nitrogens is 5. The van der Waals surface area contributed by atoms with Crippen LogP contribution in [0.3, 0.4) is 0 Å². The van der Waals surface area contributed by atoms with E-state index in [9.17, 15) is 0 Å². The number of anilines is 2. The molecule has 4 rings (SSSR count). The Bertz CT molecular complexity index is 895. The van der Waals surface area contributed by atoms with Crippen molar-refractivity contribution in [3.63, 3.8) is 0 Å². The Morgan fingerprint density at radius 2 is 1.96 bits per heavy atom. The number of nitrogens with one attached hydrogen (secondary N) is 1. The number of H-pyrrole nitrogens is 1. The van der Waals surface area contributed by atoms with E-state index in [4.69, 9.17) is 11.5 Å². The molecule has 1 fully saturated rings. The Labute approximate surface area is 145 Å². The van der Waals surface area contributed by atoms with Gasteiger partial charge in [-0.1, -0.05) is 6.07 Å². The van der Waals surface area contributed by atoms with Crippen molar-refractivity contribution < 1.29 is 0 Å². The van der Waals surface area contributed by atoms with Gasteiger partial charge in [-0.05, 0) is 44.0 Å². The number of aryl methyl sites for hydroxylation is 1. The zero-order valence-electron chi connectivity index (χ0n) is 14.2. The molecular weight excluding hydrogens is 316 g/mol. The van der Waals surface area contributed by atoms with Gasteiger partial charge in [0.15, 0.2) is 11.5 Å². The van der Waals surface area contributed by atoms with Gasteiger partial charge in [0.2, 0.25) is 5.95 Å². The largest absolute Gasteiger partial charge is 0.382 e. The fourth-order valence-electron chi connectivity index (χ4n) is 3.47. The number of rotatable bonds is 3. The lowest BCUT2D eigenvalue weighted by molar-refractivity contribution is 0.202. The zero-order valence-corrected chi connectivity index (χ0v) is 14.2. The van der Waals surface area contributed by atoms with E-state index in [-0.39, 0.29) is 5.95 Å². The molecule has 1 saturated heterocycles. The molecule has 0 spiro atoms. The first kappa shape index (κ1) is 15.8. The SMILES string of the molecule is Cc1cncc(CN2CCC(c3nc4nc(N)nc(N)c4[nH]3)CC2)c1. The molecule has 8 heteroatoms. The molecule has 0 saturated carbocycles. The maximum atomic E-state index is 5.90. The van der Waals surface area contributed by atoms with Gasteiger partial charge >= 0.3 is 0 Å². The molecule has 4 heterocycles. The van der Waals surface area contributed by atoms with Crippen LogP contribution in [-0.4, -0.2) is 42.9 Å². The molecule has 130 valence electrons. The number of nitrogens with zero attached hydrogens (tertiary/aromatic N) is 5. The van der Waals surface area contributed by atoms with Crippen molar-refractivity contribution in [1.29, 1.82) is 0 Å². The lowest BCUT2D eigenvalue weighted by Gasteiger charge is -2.31. The molecule has 8 nitrogen and oxygen atoms in total. The highest BCUT2D eigenvalue weighted by molar-refractivity contribution is 5.82. The quantitative estimate of drug-likeness (QED) is 0.663. The first-order chi connectivity index (χ1) is 12.1. The summed E-state index contributed by atoms with van der Waals surface area (Å²) < 4.78 is 0. The van der Waals surface area contributed by atoms with Gasteiger partial charge in [-0.15, -0.1) is 0 Å². The number of likely N-dealkylation sites (tertiary alicyclic amines) is 1. The minimum Gasteiger partial charge on any atom is -0.382 e. The van der Waals surface area contributed by atoms with E-state index in [1.807, 2.05) is 12.4 Å². The topological polar surface area (TPSA) is 123 Å². The molecule has 25 heavy (non-hydrogen) atoms. The van der Waals surface area contributed by atoms with E-state index in [0.717, 1.165) is 38.3 Å². The summed E-state index contributed by atoms with van der Waals surface area (Å²) in [6.45, 7) is 5.07. The van der Waals surface area contributed by atoms with Crippen LogP contribution in [0.15, 0.2) is 18.5 Å². The van der Waals surface area contributed by atoms with Crippen LogP contribution in [0.25, 0.3) is 11.2 Å². The Balaban J connectivity index is 1.44. The molecule has 0 radical (unpaired) electrons. The lowest BCUT2D eigenvalue weighted by atomic mass is 9.96. The maximum Gasteiger partial charge on any atom is 0.224 e. The van der Waals surface area contributed by atoms with E-state index in [2.05, 4.69) is 42.8 Å². The second-order valence-electron chi connectivity index (χ2n) is 6.71. The molecule has 0 aliphatic carbocycles. The first-order valence-electron chi connectivity index (χ1n) is 8.50. The van der Waals surface area contributed by atoms with E-state index in [0.29, 0.717) is 22.9 Å². The Kier molecular flexibility index (Phi) is 3.96. The van der Waals surface area contributed by atoms with E-state index < -0.39 is 0 Å². The summed E-state index contributed by atoms with van der Waals surface area (Å²) in [5.74, 6) is 1.82. The van der Waals surface area contributed by atoms with Gasteiger partial charge in [-0.3, -0.25) is 9.88 Å². The summed E-state index contributed by atoms with van der Waals surface area (Å²) in [7, 11) is 0. The number of fused-ring (bicyclic) bond motifs is 1. The Morgan fingerprint density at radius 1 is 1.16 bits per heavy atom. The van der Waals surface area contributed by atoms with Gasteiger partial charge in [0, 0.05) is 24.9 Å². The maximum absolute atomic E-state index is 5.90. The van der Waals surface area contributed by atoms with Gasteiger partial charge < -0.3 is 16.5 Å². The molecule has 0 bridgehead atoms. The van der Waals surface area contributed by atoms with Crippen LogP contribution in [0, 0.1) is 6.92 Å². The minimum absolute atomic E-state index is 0.157. The summed E-state index contributed by atoms with van der Waals surface area (Å²) in [5.41, 5.74) is 15.2. The van der Waals surface area contributed by atoms with E-state index in [1.165, 1.54) is 11.1 Å². The van der Waals surface area contributed by atoms with Crippen molar-refractivity contribution in [2.24, 2.45) is 0 Å². The van der Waals surface area contributed by atoms with Crippen LogP contribution in [0.2, 0.25) is 0 Å². The molecular formula is C17H22N8. The average molecular weight is 338 g/mol. The Hall–Kier alpha value is -2.74. The molecule has 0 aromatic carbocycles. The predicted molar refractivity (Wildman–Crippen MR) is 96.7 cm³/mol. The number of pyridine rings is 1. The monoisotopic (exact) mass is 338 g/mol. The number of nitrogens with two attached hydrogens (primary N) is 2. The van der Waals surface area contributed by atoms with Crippen molar-refractivity contribution in [3.05, 3.63) is 35.4 Å². The number of hydrogen-bond acceptors (Lipinski definition) is 7. The molecule has 1 aliphatic heterocycles. The van der Waals surface area contributed by atoms with Gasteiger partial charge in [-0.2, -0.15) is 9.97 Å². The lowest BCUT2D eigenvalue weighted by Crippen LogP contribution is -2.32. The fraction of sp³-hybridized carbons (Fsp3) is 0.412. The standard InChI is InChI=1S/C17H22N8/c1-10-6-11(8-20-7-10)9-25-4-2-12(3-5-25)15-21-13-14(18)22-17(19)24-16(13)23-15/h6-8,12H,2-5,9H2,1H3,(H5,18,19,21,22,23,24). The van der Waals surface area contributed by atoms with Crippen molar-refractivity contribution in [1.82, 2.24) is 29.8 Å². The normalized spacial score (nSPS) is 16.5. The van der Waals surface area contributed by atoms with Crippen LogP contribution < -0.4 is 11.5 Å². The molecule has 0 amide bonds. The fourth-order valence-corrected chi connectivity index (χ4v) is 3.47. The third-order valence-electron chi connectivity index (χ3n) is 4.73. The number of nitrogen functional groups attached to an aromatic ring is 2. The van der Waals surface area contributed by atoms with Crippen LogP contribution in [-0.2, 0) is 6.54 Å². The average Bonchev–Trinajstić information content (AvgIpc) is 3.00. The van der Waals surface area contributed by atoms with Crippen LogP contribution in [0.1, 0.15) is 35.7 Å². The minimum atomic E-state index is 0.157. The summed E-state index contributed by atoms with van der Waals surface area (Å²) >= 11 is 0. The van der Waals surface area contributed by atoms with Crippen molar-refractivity contribution in [2.75, 3.05) is 24.6 Å². The summed E-state index contributed by atoms with van der Waals surface area (Å²) in [6, 6.07) is 2.20. The molecule has 3 aromatic rings. The van der Waals surface area contributed by atoms with Gasteiger partial charge in [0.25, 0.3) is 0 Å². The number of aromatic amines is 1. The molecule has 5 N–H and O–H groups in total. The number of imidazole rings is 1. The van der Waals surface area contributed by atoms with Crippen molar-refractivity contribution in [3.8, 4) is 0 Å². The van der Waals surface area contributed by atoms with Crippen LogP contribution >= 0.6 is 0 Å². The van der Waals surface area contributed by atoms with E-state index >= 15 is 0 Å². The number of hydrogen-bond donors (Lipinski definition) is 3. The van der Waals surface area contributed by atoms with Crippen molar-refractivity contribution in [2.45, 2.75) is 32.2 Å². The smallest absolute Gasteiger partial charge is 0.224 e. The highest BCUT2D eigenvalue weighted by atomic mass is 15.1. The third kappa shape index (κ3) is 3.25. The van der Waals surface area contributed by atoms with Crippen molar-refractivity contribution >= 4 is 22.9 Å². The van der Waals surface area contributed by atoms with Gasteiger partial charge in [0.05, 0.1) is 0 Å². The first-order valence-corrected chi connectivity index (χ1v) is 8.50. The van der Waals surface area contributed by atoms with E-state index in [1.54, 1.807) is 0 Å². The molecule has 0 atom stereocenters. The highest BCUT2D eigenvalue weighted by Gasteiger charge is 2.24.